The zero-order chi connectivity index (χ0) is 20.1. The minimum atomic E-state index is 0.752. The molecule has 0 bridgehead atoms. The van der Waals surface area contributed by atoms with Crippen LogP contribution in [0.5, 0.6) is 0 Å². The van der Waals surface area contributed by atoms with Gasteiger partial charge in [-0.1, -0.05) is 48.0 Å². The quantitative estimate of drug-likeness (QED) is 0.308. The van der Waals surface area contributed by atoms with E-state index in [1.165, 1.54) is 22.3 Å². The molecule has 0 unspecified atom stereocenters. The van der Waals surface area contributed by atoms with Crippen LogP contribution in [0.3, 0.4) is 0 Å². The molecule has 3 nitrogen and oxygen atoms in total. The summed E-state index contributed by atoms with van der Waals surface area (Å²) < 4.78 is 2.91. The Balaban J connectivity index is 1.74. The molecule has 1 aromatic heterocycles. The van der Waals surface area contributed by atoms with Crippen molar-refractivity contribution in [3.63, 3.8) is 0 Å². The summed E-state index contributed by atoms with van der Waals surface area (Å²) in [6.45, 7) is 2.05. The van der Waals surface area contributed by atoms with Gasteiger partial charge in [-0.3, -0.25) is 4.68 Å². The van der Waals surface area contributed by atoms with Gasteiger partial charge < -0.3 is 5.32 Å². The molecule has 0 spiro atoms. The fourth-order valence-electron chi connectivity index (χ4n) is 4.26. The normalized spacial score (nSPS) is 12.0. The van der Waals surface area contributed by atoms with Crippen LogP contribution in [0, 0.1) is 6.92 Å². The van der Waals surface area contributed by atoms with Crippen LogP contribution < -0.4 is 5.32 Å². The van der Waals surface area contributed by atoms with Crippen LogP contribution in [0.15, 0.2) is 65.1 Å². The minimum Gasteiger partial charge on any atom is -0.339 e. The summed E-state index contributed by atoms with van der Waals surface area (Å²) in [6, 6.07) is 20.9. The number of hydrogen-bond donors (Lipinski definition) is 1. The second kappa shape index (κ2) is 7.05. The third-order valence-electron chi connectivity index (χ3n) is 5.47. The number of para-hydroxylation sites is 1. The molecule has 0 atom stereocenters. The van der Waals surface area contributed by atoms with E-state index >= 15 is 0 Å². The fraction of sp³-hybridized carbons (Fsp3) is 0.125. The Labute approximate surface area is 183 Å². The van der Waals surface area contributed by atoms with Gasteiger partial charge in [-0.05, 0) is 81.4 Å². The lowest BCUT2D eigenvalue weighted by molar-refractivity contribution is 0.765. The highest BCUT2D eigenvalue weighted by atomic mass is 79.9. The first-order chi connectivity index (χ1) is 14.0. The number of nitrogens with one attached hydrogen (secondary N) is 1. The smallest absolute Gasteiger partial charge is 0.136 e. The van der Waals surface area contributed by atoms with Crippen molar-refractivity contribution in [1.29, 1.82) is 0 Å². The zero-order valence-electron chi connectivity index (χ0n) is 16.1. The summed E-state index contributed by atoms with van der Waals surface area (Å²) in [5.74, 6) is 0.947. The van der Waals surface area contributed by atoms with Crippen LogP contribution in [0.1, 0.15) is 16.8 Å². The number of nitrogens with zero attached hydrogens (tertiary/aromatic N) is 2. The second-order valence-electron chi connectivity index (χ2n) is 7.36. The van der Waals surface area contributed by atoms with Crippen molar-refractivity contribution in [2.45, 2.75) is 13.3 Å². The highest BCUT2D eigenvalue weighted by molar-refractivity contribution is 9.10. The van der Waals surface area contributed by atoms with Crippen LogP contribution in [-0.4, -0.2) is 9.78 Å². The first kappa shape index (κ1) is 18.5. The maximum absolute atomic E-state index is 6.56. The molecule has 0 saturated carbocycles. The van der Waals surface area contributed by atoms with Gasteiger partial charge >= 0.3 is 0 Å². The van der Waals surface area contributed by atoms with E-state index in [1.807, 2.05) is 36.0 Å². The van der Waals surface area contributed by atoms with E-state index in [0.29, 0.717) is 0 Å². The van der Waals surface area contributed by atoms with Gasteiger partial charge in [0.15, 0.2) is 0 Å². The van der Waals surface area contributed by atoms with E-state index in [0.717, 1.165) is 44.2 Å². The Bertz CT molecular complexity index is 1260. The lowest BCUT2D eigenvalue weighted by atomic mass is 9.94. The van der Waals surface area contributed by atoms with E-state index in [1.54, 1.807) is 0 Å². The molecular formula is C24H19BrClN3. The van der Waals surface area contributed by atoms with Crippen LogP contribution in [0.25, 0.3) is 22.3 Å². The number of aryl methyl sites for hydroxylation is 2. The van der Waals surface area contributed by atoms with Gasteiger partial charge in [-0.2, -0.15) is 5.10 Å². The van der Waals surface area contributed by atoms with Gasteiger partial charge in [0.2, 0.25) is 0 Å². The van der Waals surface area contributed by atoms with E-state index in [-0.39, 0.29) is 0 Å². The molecule has 0 saturated heterocycles. The molecular weight excluding hydrogens is 446 g/mol. The first-order valence-corrected chi connectivity index (χ1v) is 10.7. The number of benzene rings is 3. The van der Waals surface area contributed by atoms with Gasteiger partial charge in [0.25, 0.3) is 0 Å². The summed E-state index contributed by atoms with van der Waals surface area (Å²) in [5, 5.41) is 9.05. The summed E-state index contributed by atoms with van der Waals surface area (Å²) >= 11 is 10.2. The molecule has 4 aromatic rings. The Kier molecular flexibility index (Phi) is 4.49. The summed E-state index contributed by atoms with van der Waals surface area (Å²) in [7, 11) is 1.97. The van der Waals surface area contributed by atoms with Crippen LogP contribution >= 0.6 is 27.5 Å². The highest BCUT2D eigenvalue weighted by Gasteiger charge is 2.26. The maximum Gasteiger partial charge on any atom is 0.136 e. The summed E-state index contributed by atoms with van der Waals surface area (Å²) in [6.07, 6.45) is 0.908. The zero-order valence-corrected chi connectivity index (χ0v) is 18.5. The largest absolute Gasteiger partial charge is 0.339 e. The lowest BCUT2D eigenvalue weighted by Crippen LogP contribution is -2.01. The second-order valence-corrected chi connectivity index (χ2v) is 8.65. The molecule has 3 aromatic carbocycles. The third kappa shape index (κ3) is 3.07. The van der Waals surface area contributed by atoms with Crippen molar-refractivity contribution in [3.8, 4) is 22.3 Å². The fourth-order valence-corrected chi connectivity index (χ4v) is 4.88. The molecule has 0 fully saturated rings. The third-order valence-corrected chi connectivity index (χ3v) is 6.38. The van der Waals surface area contributed by atoms with Crippen molar-refractivity contribution in [2.24, 2.45) is 7.05 Å². The number of halogens is 2. The Morgan fingerprint density at radius 2 is 1.72 bits per heavy atom. The number of aromatic nitrogens is 2. The number of fused-ring (bicyclic) bond motifs is 3. The molecule has 5 rings (SSSR count). The number of rotatable bonds is 3. The van der Waals surface area contributed by atoms with E-state index < -0.39 is 0 Å². The molecule has 29 heavy (non-hydrogen) atoms. The Hall–Kier alpha value is -2.56. The predicted molar refractivity (Wildman–Crippen MR) is 124 cm³/mol. The molecule has 0 aliphatic heterocycles. The monoisotopic (exact) mass is 463 g/mol. The molecule has 1 heterocycles. The minimum absolute atomic E-state index is 0.752. The van der Waals surface area contributed by atoms with Crippen molar-refractivity contribution in [2.75, 3.05) is 5.32 Å². The summed E-state index contributed by atoms with van der Waals surface area (Å²) in [5.41, 5.74) is 9.32. The van der Waals surface area contributed by atoms with Gasteiger partial charge in [-0.15, -0.1) is 0 Å². The number of anilines is 2. The van der Waals surface area contributed by atoms with Crippen molar-refractivity contribution in [3.05, 3.63) is 87.0 Å². The predicted octanol–water partition coefficient (Wildman–Crippen LogP) is 7.13. The van der Waals surface area contributed by atoms with E-state index in [4.69, 9.17) is 16.7 Å². The topological polar surface area (TPSA) is 29.9 Å². The number of hydrogen-bond acceptors (Lipinski definition) is 2. The molecule has 1 aliphatic carbocycles. The lowest BCUT2D eigenvalue weighted by Gasteiger charge is -2.15. The molecule has 1 aliphatic rings. The Morgan fingerprint density at radius 3 is 2.55 bits per heavy atom. The first-order valence-electron chi connectivity index (χ1n) is 9.49. The molecule has 5 heteroatoms. The van der Waals surface area contributed by atoms with Crippen LogP contribution in [0.2, 0.25) is 5.02 Å². The summed E-state index contributed by atoms with van der Waals surface area (Å²) in [4.78, 5) is 0. The van der Waals surface area contributed by atoms with Crippen molar-refractivity contribution in [1.82, 2.24) is 9.78 Å². The van der Waals surface area contributed by atoms with Gasteiger partial charge in [0.1, 0.15) is 5.82 Å². The Morgan fingerprint density at radius 1 is 0.966 bits per heavy atom. The van der Waals surface area contributed by atoms with Crippen molar-refractivity contribution < 1.29 is 0 Å². The average molecular weight is 465 g/mol. The van der Waals surface area contributed by atoms with Gasteiger partial charge in [0, 0.05) is 22.1 Å². The van der Waals surface area contributed by atoms with Gasteiger partial charge in [0.05, 0.1) is 11.4 Å². The maximum atomic E-state index is 6.56. The molecule has 1 N–H and O–H groups in total. The molecule has 0 amide bonds. The van der Waals surface area contributed by atoms with Crippen LogP contribution in [-0.2, 0) is 13.5 Å². The average Bonchev–Trinajstić information content (AvgIpc) is 3.19. The molecule has 0 radical (unpaired) electrons. The van der Waals surface area contributed by atoms with Crippen molar-refractivity contribution >= 4 is 39.0 Å². The standard InChI is InChI=1S/C24H19BrClN3/c1-14-22(24(29(2)28-14)27-21-10-6-5-9-20(21)25)19-13-17(26)12-16-11-15-7-3-4-8-18(15)23(16)19/h3-10,12-13,27H,11H2,1-2H3. The van der Waals surface area contributed by atoms with Crippen LogP contribution in [0.4, 0.5) is 11.5 Å². The molecule has 144 valence electrons. The van der Waals surface area contributed by atoms with Gasteiger partial charge in [-0.25, -0.2) is 0 Å². The SMILES string of the molecule is Cc1nn(C)c(Nc2ccccc2Br)c1-c1cc(Cl)cc2c1-c1ccccc1C2. The highest BCUT2D eigenvalue weighted by Crippen LogP contribution is 2.47. The van der Waals surface area contributed by atoms with E-state index in [2.05, 4.69) is 64.6 Å². The van der Waals surface area contributed by atoms with E-state index in [9.17, 15) is 0 Å².